The van der Waals surface area contributed by atoms with Gasteiger partial charge in [0.05, 0.1) is 0 Å². The standard InChI is InChI=1S/C20H24/c1-6-9-18-13-20(17(5)15(3)12-16(18)4)19-11-8-7-10-14(19)2/h7-8,10-11,13H,6,9H2,1-5H3. The fraction of sp³-hybridized carbons (Fsp3) is 0.350. The molecule has 0 heterocycles. The Morgan fingerprint density at radius 1 is 0.950 bits per heavy atom. The molecule has 1 aliphatic carbocycles. The minimum atomic E-state index is 1.12. The van der Waals surface area contributed by atoms with Gasteiger partial charge in [-0.05, 0) is 79.2 Å². The van der Waals surface area contributed by atoms with E-state index in [0.717, 1.165) is 6.42 Å². The summed E-state index contributed by atoms with van der Waals surface area (Å²) in [6.07, 6.45) is 4.67. The Bertz CT molecular complexity index is 644. The van der Waals surface area contributed by atoms with Crippen LogP contribution in [0.2, 0.25) is 0 Å². The predicted molar refractivity (Wildman–Crippen MR) is 88.7 cm³/mol. The second-order valence-electron chi connectivity index (χ2n) is 5.65. The van der Waals surface area contributed by atoms with Gasteiger partial charge in [0.15, 0.2) is 0 Å². The van der Waals surface area contributed by atoms with Crippen molar-refractivity contribution in [2.75, 3.05) is 0 Å². The summed E-state index contributed by atoms with van der Waals surface area (Å²) in [6.45, 7) is 11.0. The Hall–Kier alpha value is -1.78. The molecule has 0 aromatic heterocycles. The molecule has 0 atom stereocenters. The van der Waals surface area contributed by atoms with Crippen LogP contribution in [0.3, 0.4) is 0 Å². The highest BCUT2D eigenvalue weighted by Crippen LogP contribution is 2.32. The van der Waals surface area contributed by atoms with Gasteiger partial charge in [-0.3, -0.25) is 0 Å². The molecule has 0 saturated carbocycles. The van der Waals surface area contributed by atoms with Crippen molar-refractivity contribution in [3.05, 3.63) is 69.5 Å². The van der Waals surface area contributed by atoms with E-state index in [9.17, 15) is 0 Å². The molecule has 1 aliphatic rings. The van der Waals surface area contributed by atoms with E-state index in [0.29, 0.717) is 0 Å². The first-order chi connectivity index (χ1) is 9.54. The van der Waals surface area contributed by atoms with Crippen LogP contribution in [0.25, 0.3) is 5.57 Å². The zero-order valence-corrected chi connectivity index (χ0v) is 13.3. The number of aryl methyl sites for hydroxylation is 1. The van der Waals surface area contributed by atoms with Gasteiger partial charge in [0, 0.05) is 0 Å². The van der Waals surface area contributed by atoms with E-state index in [1.807, 2.05) is 0 Å². The number of benzene rings is 1. The van der Waals surface area contributed by atoms with E-state index < -0.39 is 0 Å². The van der Waals surface area contributed by atoms with Crippen molar-refractivity contribution in [1.82, 2.24) is 0 Å². The molecule has 0 spiro atoms. The zero-order chi connectivity index (χ0) is 14.7. The van der Waals surface area contributed by atoms with Crippen molar-refractivity contribution in [2.24, 2.45) is 0 Å². The Morgan fingerprint density at radius 3 is 2.30 bits per heavy atom. The Balaban J connectivity index is 2.66. The topological polar surface area (TPSA) is 0 Å². The van der Waals surface area contributed by atoms with Gasteiger partial charge in [-0.1, -0.05) is 37.6 Å². The maximum atomic E-state index is 3.55. The molecule has 1 aromatic carbocycles. The van der Waals surface area contributed by atoms with Gasteiger partial charge in [0.2, 0.25) is 0 Å². The lowest BCUT2D eigenvalue weighted by Gasteiger charge is -2.12. The fourth-order valence-electron chi connectivity index (χ4n) is 2.73. The molecule has 0 radical (unpaired) electrons. The number of hydrogen-bond donors (Lipinski definition) is 0. The van der Waals surface area contributed by atoms with Crippen LogP contribution in [0.15, 0.2) is 58.4 Å². The summed E-state index contributed by atoms with van der Waals surface area (Å²) in [7, 11) is 0. The van der Waals surface area contributed by atoms with Crippen molar-refractivity contribution in [1.29, 1.82) is 0 Å². The van der Waals surface area contributed by atoms with Crippen LogP contribution in [0, 0.1) is 6.92 Å². The van der Waals surface area contributed by atoms with Crippen LogP contribution in [-0.2, 0) is 0 Å². The van der Waals surface area contributed by atoms with Crippen LogP contribution in [-0.4, -0.2) is 0 Å². The van der Waals surface area contributed by atoms with E-state index in [-0.39, 0.29) is 0 Å². The molecule has 0 bridgehead atoms. The first kappa shape index (κ1) is 14.6. The Morgan fingerprint density at radius 2 is 1.65 bits per heavy atom. The molecule has 0 aliphatic heterocycles. The molecule has 0 amide bonds. The van der Waals surface area contributed by atoms with E-state index in [4.69, 9.17) is 0 Å². The number of hydrogen-bond acceptors (Lipinski definition) is 0. The summed E-state index contributed by atoms with van der Waals surface area (Å²) in [6, 6.07) is 8.64. The van der Waals surface area contributed by atoms with Crippen molar-refractivity contribution in [2.45, 2.75) is 47.5 Å². The first-order valence-corrected chi connectivity index (χ1v) is 7.47. The normalized spacial score (nSPS) is 15.6. The molecule has 0 nitrogen and oxygen atoms in total. The summed E-state index contributed by atoms with van der Waals surface area (Å²) < 4.78 is 0. The van der Waals surface area contributed by atoms with Gasteiger partial charge in [0.25, 0.3) is 0 Å². The highest BCUT2D eigenvalue weighted by atomic mass is 14.2. The number of allylic oxidation sites excluding steroid dienone is 5. The predicted octanol–water partition coefficient (Wildman–Crippen LogP) is 6.00. The lowest BCUT2D eigenvalue weighted by molar-refractivity contribution is 0.913. The average molecular weight is 264 g/mol. The lowest BCUT2D eigenvalue weighted by atomic mass is 9.92. The molecule has 0 fully saturated rings. The molecule has 1 aromatic rings. The third kappa shape index (κ3) is 2.86. The smallest absolute Gasteiger partial charge is 0.00531 e. The SMILES string of the molecule is CCCC1=CC(c2ccccc2C)=C(C)C(C)=C=C1C. The largest absolute Gasteiger partial charge is 0.114 e. The van der Waals surface area contributed by atoms with E-state index in [2.05, 4.69) is 70.7 Å². The van der Waals surface area contributed by atoms with Crippen molar-refractivity contribution in [3.8, 4) is 0 Å². The average Bonchev–Trinajstić information content (AvgIpc) is 2.52. The highest BCUT2D eigenvalue weighted by Gasteiger charge is 2.12. The van der Waals surface area contributed by atoms with E-state index in [1.165, 1.54) is 45.4 Å². The quantitative estimate of drug-likeness (QED) is 0.587. The van der Waals surface area contributed by atoms with Gasteiger partial charge in [-0.2, -0.15) is 0 Å². The molecular weight excluding hydrogens is 240 g/mol. The summed E-state index contributed by atoms with van der Waals surface area (Å²) >= 11 is 0. The zero-order valence-electron chi connectivity index (χ0n) is 13.3. The number of rotatable bonds is 3. The van der Waals surface area contributed by atoms with Gasteiger partial charge in [0.1, 0.15) is 0 Å². The second kappa shape index (κ2) is 6.11. The van der Waals surface area contributed by atoms with E-state index >= 15 is 0 Å². The van der Waals surface area contributed by atoms with Crippen molar-refractivity contribution in [3.63, 3.8) is 0 Å². The van der Waals surface area contributed by atoms with Crippen molar-refractivity contribution >= 4 is 5.57 Å². The summed E-state index contributed by atoms with van der Waals surface area (Å²) in [5.41, 5.74) is 12.9. The molecule has 104 valence electrons. The summed E-state index contributed by atoms with van der Waals surface area (Å²) in [5, 5.41) is 0. The lowest BCUT2D eigenvalue weighted by Crippen LogP contribution is -1.92. The first-order valence-electron chi connectivity index (χ1n) is 7.47. The monoisotopic (exact) mass is 264 g/mol. The third-order valence-electron chi connectivity index (χ3n) is 4.10. The maximum Gasteiger partial charge on any atom is -0.00531 e. The van der Waals surface area contributed by atoms with Crippen LogP contribution < -0.4 is 0 Å². The molecule has 0 saturated heterocycles. The van der Waals surface area contributed by atoms with Crippen molar-refractivity contribution < 1.29 is 0 Å². The molecule has 0 unspecified atom stereocenters. The molecular formula is C20H24. The molecule has 20 heavy (non-hydrogen) atoms. The summed E-state index contributed by atoms with van der Waals surface area (Å²) in [4.78, 5) is 0. The van der Waals surface area contributed by atoms with Gasteiger partial charge in [-0.25, -0.2) is 0 Å². The third-order valence-corrected chi connectivity index (χ3v) is 4.10. The van der Waals surface area contributed by atoms with Crippen LogP contribution in [0.5, 0.6) is 0 Å². The maximum absolute atomic E-state index is 3.55. The van der Waals surface area contributed by atoms with Crippen LogP contribution in [0.4, 0.5) is 0 Å². The minimum Gasteiger partial charge on any atom is -0.114 e. The Labute approximate surface area is 123 Å². The van der Waals surface area contributed by atoms with E-state index in [1.54, 1.807) is 0 Å². The fourth-order valence-corrected chi connectivity index (χ4v) is 2.73. The van der Waals surface area contributed by atoms with Gasteiger partial charge in [-0.15, -0.1) is 5.73 Å². The molecule has 2 rings (SSSR count). The molecule has 0 heteroatoms. The van der Waals surface area contributed by atoms with Gasteiger partial charge < -0.3 is 0 Å². The molecule has 0 N–H and O–H groups in total. The minimum absolute atomic E-state index is 1.12. The highest BCUT2D eigenvalue weighted by molar-refractivity contribution is 5.82. The Kier molecular flexibility index (Phi) is 4.47. The van der Waals surface area contributed by atoms with Gasteiger partial charge >= 0.3 is 0 Å². The second-order valence-corrected chi connectivity index (χ2v) is 5.65. The van der Waals surface area contributed by atoms with Crippen LogP contribution in [0.1, 0.15) is 51.7 Å². The summed E-state index contributed by atoms with van der Waals surface area (Å²) in [5.74, 6) is 0. The van der Waals surface area contributed by atoms with Crippen LogP contribution >= 0.6 is 0 Å².